The Hall–Kier alpha value is -3.04. The Morgan fingerprint density at radius 3 is 2.88 bits per heavy atom. The molecule has 136 valence electrons. The van der Waals surface area contributed by atoms with E-state index in [4.69, 9.17) is 14.4 Å². The molecule has 26 heavy (non-hydrogen) atoms. The van der Waals surface area contributed by atoms with Gasteiger partial charge in [0.1, 0.15) is 11.3 Å². The van der Waals surface area contributed by atoms with Crippen molar-refractivity contribution in [3.63, 3.8) is 0 Å². The summed E-state index contributed by atoms with van der Waals surface area (Å²) in [5, 5.41) is 11.3. The number of aliphatic hydroxyl groups is 1. The molecule has 0 aliphatic heterocycles. The minimum atomic E-state index is -0.872. The summed E-state index contributed by atoms with van der Waals surface area (Å²) in [6.07, 6.45) is 1.04. The normalized spacial score (nSPS) is 10.9. The first-order valence-corrected chi connectivity index (χ1v) is 7.63. The quantitative estimate of drug-likeness (QED) is 0.460. The van der Waals surface area contributed by atoms with E-state index in [0.717, 1.165) is 6.39 Å². The lowest BCUT2D eigenvalue weighted by atomic mass is 10.1. The van der Waals surface area contributed by atoms with Gasteiger partial charge in [-0.05, 0) is 30.7 Å². The van der Waals surface area contributed by atoms with Gasteiger partial charge >= 0.3 is 0 Å². The average Bonchev–Trinajstić information content (AvgIpc) is 3.08. The first kappa shape index (κ1) is 17.8. The van der Waals surface area contributed by atoms with Crippen molar-refractivity contribution in [2.45, 2.75) is 6.92 Å². The Bertz CT molecular complexity index is 959. The Morgan fingerprint density at radius 1 is 1.35 bits per heavy atom. The number of rotatable bonds is 6. The minimum absolute atomic E-state index is 0.0114. The van der Waals surface area contributed by atoms with Gasteiger partial charge in [0.05, 0.1) is 30.2 Å². The average molecular weight is 363 g/mol. The molecular weight excluding hydrogens is 348 g/mol. The van der Waals surface area contributed by atoms with Crippen LogP contribution in [0.5, 0.6) is 0 Å². The molecular formula is C17H15F2N3O4. The Kier molecular flexibility index (Phi) is 5.10. The smallest absolute Gasteiger partial charge is 0.277 e. The standard InChI is InChI=1S/C17H15F2N3O4/c1-9-2-3-12(11(18)6-9)21-15-10(17(24)22-26-5-4-23)7-13-16(14(15)19)20-8-25-13/h2-3,6-8,21,23H,4-5H2,1H3,(H,22,24). The van der Waals surface area contributed by atoms with Crippen molar-refractivity contribution in [1.29, 1.82) is 0 Å². The number of nitrogens with one attached hydrogen (secondary N) is 2. The van der Waals surface area contributed by atoms with Crippen LogP contribution in [0.1, 0.15) is 15.9 Å². The maximum Gasteiger partial charge on any atom is 0.277 e. The highest BCUT2D eigenvalue weighted by atomic mass is 19.1. The molecule has 0 bridgehead atoms. The monoisotopic (exact) mass is 363 g/mol. The lowest BCUT2D eigenvalue weighted by Crippen LogP contribution is -2.26. The number of amides is 1. The van der Waals surface area contributed by atoms with Gasteiger partial charge < -0.3 is 14.8 Å². The van der Waals surface area contributed by atoms with E-state index in [1.54, 1.807) is 13.0 Å². The number of aromatic nitrogens is 1. The fourth-order valence-corrected chi connectivity index (χ4v) is 2.34. The van der Waals surface area contributed by atoms with Gasteiger partial charge in [-0.25, -0.2) is 19.2 Å². The van der Waals surface area contributed by atoms with Crippen LogP contribution in [0, 0.1) is 18.6 Å². The number of anilines is 2. The molecule has 0 saturated heterocycles. The lowest BCUT2D eigenvalue weighted by molar-refractivity contribution is 0.0169. The van der Waals surface area contributed by atoms with E-state index in [2.05, 4.69) is 15.8 Å². The highest BCUT2D eigenvalue weighted by Crippen LogP contribution is 2.31. The van der Waals surface area contributed by atoms with Crippen molar-refractivity contribution in [3.8, 4) is 0 Å². The van der Waals surface area contributed by atoms with Crippen LogP contribution in [0.4, 0.5) is 20.2 Å². The van der Waals surface area contributed by atoms with Gasteiger partial charge in [0.15, 0.2) is 17.8 Å². The van der Waals surface area contributed by atoms with Crippen molar-refractivity contribution >= 4 is 28.4 Å². The third kappa shape index (κ3) is 3.48. The van der Waals surface area contributed by atoms with Gasteiger partial charge in [0, 0.05) is 0 Å². The molecule has 0 saturated carbocycles. The molecule has 3 N–H and O–H groups in total. The SMILES string of the molecule is Cc1ccc(Nc2c(C(=O)NOCCO)cc3ocnc3c2F)c(F)c1. The van der Waals surface area contributed by atoms with Crippen LogP contribution < -0.4 is 10.8 Å². The van der Waals surface area contributed by atoms with Crippen LogP contribution in [0.25, 0.3) is 11.1 Å². The molecule has 0 spiro atoms. The summed E-state index contributed by atoms with van der Waals surface area (Å²) in [4.78, 5) is 20.8. The minimum Gasteiger partial charge on any atom is -0.443 e. The van der Waals surface area contributed by atoms with Crippen LogP contribution in [-0.2, 0) is 4.84 Å². The number of nitrogens with zero attached hydrogens (tertiary/aromatic N) is 1. The fraction of sp³-hybridized carbons (Fsp3) is 0.176. The number of carbonyl (C=O) groups is 1. The Morgan fingerprint density at radius 2 is 2.15 bits per heavy atom. The van der Waals surface area contributed by atoms with Gasteiger partial charge in [-0.15, -0.1) is 0 Å². The molecule has 0 radical (unpaired) electrons. The maximum absolute atomic E-state index is 14.8. The number of hydrogen-bond donors (Lipinski definition) is 3. The summed E-state index contributed by atoms with van der Waals surface area (Å²) in [6, 6.07) is 5.61. The van der Waals surface area contributed by atoms with E-state index in [-0.39, 0.29) is 41.3 Å². The molecule has 2 aromatic carbocycles. The van der Waals surface area contributed by atoms with Crippen molar-refractivity contribution in [2.75, 3.05) is 18.5 Å². The zero-order chi connectivity index (χ0) is 18.7. The number of carbonyl (C=O) groups excluding carboxylic acids is 1. The van der Waals surface area contributed by atoms with Gasteiger partial charge in [-0.2, -0.15) is 0 Å². The van der Waals surface area contributed by atoms with E-state index in [9.17, 15) is 13.6 Å². The lowest BCUT2D eigenvalue weighted by Gasteiger charge is -2.14. The summed E-state index contributed by atoms with van der Waals surface area (Å²) in [5.41, 5.74) is 2.24. The molecule has 0 unspecified atom stereocenters. The highest BCUT2D eigenvalue weighted by Gasteiger charge is 2.22. The molecule has 9 heteroatoms. The number of benzene rings is 2. The molecule has 0 atom stereocenters. The molecule has 1 amide bonds. The molecule has 0 fully saturated rings. The van der Waals surface area contributed by atoms with E-state index >= 15 is 0 Å². The molecule has 1 aromatic heterocycles. The molecule has 0 aliphatic carbocycles. The van der Waals surface area contributed by atoms with Gasteiger partial charge in [0.2, 0.25) is 0 Å². The molecule has 7 nitrogen and oxygen atoms in total. The topological polar surface area (TPSA) is 96.6 Å². The number of hydrogen-bond acceptors (Lipinski definition) is 6. The summed E-state index contributed by atoms with van der Waals surface area (Å²) in [7, 11) is 0. The van der Waals surface area contributed by atoms with Gasteiger partial charge in [-0.3, -0.25) is 9.63 Å². The number of hydroxylamine groups is 1. The van der Waals surface area contributed by atoms with Crippen LogP contribution in [0.3, 0.4) is 0 Å². The zero-order valence-corrected chi connectivity index (χ0v) is 13.7. The van der Waals surface area contributed by atoms with Crippen LogP contribution in [0.15, 0.2) is 35.1 Å². The van der Waals surface area contributed by atoms with E-state index in [1.165, 1.54) is 18.2 Å². The number of oxazole rings is 1. The fourth-order valence-electron chi connectivity index (χ4n) is 2.34. The van der Waals surface area contributed by atoms with Crippen LogP contribution >= 0.6 is 0 Å². The van der Waals surface area contributed by atoms with Crippen molar-refractivity contribution in [2.24, 2.45) is 0 Å². The van der Waals surface area contributed by atoms with Gasteiger partial charge in [-0.1, -0.05) is 6.07 Å². The number of halogens is 2. The highest BCUT2D eigenvalue weighted by molar-refractivity contribution is 6.03. The number of aryl methyl sites for hydroxylation is 1. The molecule has 0 aliphatic rings. The van der Waals surface area contributed by atoms with Crippen molar-refractivity contribution < 1.29 is 27.9 Å². The second-order valence-electron chi connectivity index (χ2n) is 5.42. The van der Waals surface area contributed by atoms with E-state index < -0.39 is 17.5 Å². The van der Waals surface area contributed by atoms with Gasteiger partial charge in [0.25, 0.3) is 5.91 Å². The van der Waals surface area contributed by atoms with Crippen LogP contribution in [0.2, 0.25) is 0 Å². The maximum atomic E-state index is 14.8. The third-order valence-corrected chi connectivity index (χ3v) is 3.55. The van der Waals surface area contributed by atoms with Crippen molar-refractivity contribution in [1.82, 2.24) is 10.5 Å². The first-order valence-electron chi connectivity index (χ1n) is 7.63. The predicted octanol–water partition coefficient (Wildman–Crippen LogP) is 2.81. The van der Waals surface area contributed by atoms with Crippen LogP contribution in [-0.4, -0.2) is 29.2 Å². The predicted molar refractivity (Wildman–Crippen MR) is 88.9 cm³/mol. The largest absolute Gasteiger partial charge is 0.443 e. The van der Waals surface area contributed by atoms with Crippen molar-refractivity contribution in [3.05, 3.63) is 53.4 Å². The third-order valence-electron chi connectivity index (χ3n) is 3.55. The summed E-state index contributed by atoms with van der Waals surface area (Å²) in [6.45, 7) is 1.26. The van der Waals surface area contributed by atoms with E-state index in [1.807, 2.05) is 0 Å². The first-order chi connectivity index (χ1) is 12.5. The zero-order valence-electron chi connectivity index (χ0n) is 13.7. The summed E-state index contributed by atoms with van der Waals surface area (Å²) in [5.74, 6) is -2.28. The van der Waals surface area contributed by atoms with E-state index in [0.29, 0.717) is 5.56 Å². The number of aliphatic hydroxyl groups excluding tert-OH is 1. The summed E-state index contributed by atoms with van der Waals surface area (Å²) < 4.78 is 34.0. The number of fused-ring (bicyclic) bond motifs is 1. The molecule has 3 aromatic rings. The Balaban J connectivity index is 2.04. The molecule has 3 rings (SSSR count). The summed E-state index contributed by atoms with van der Waals surface area (Å²) >= 11 is 0. The molecule has 1 heterocycles. The second kappa shape index (κ2) is 7.46. The Labute approximate surface area is 146 Å². The second-order valence-corrected chi connectivity index (χ2v) is 5.42.